The van der Waals surface area contributed by atoms with Crippen LogP contribution in [0.5, 0.6) is 0 Å². The first-order chi connectivity index (χ1) is 8.56. The molecule has 0 saturated carbocycles. The summed E-state index contributed by atoms with van der Waals surface area (Å²) in [5.41, 5.74) is 0. The number of likely N-dealkylation sites (tertiary alicyclic amines) is 1. The van der Waals surface area contributed by atoms with Crippen LogP contribution in [0.4, 0.5) is 0 Å². The minimum absolute atomic E-state index is 0.0192. The van der Waals surface area contributed by atoms with Gasteiger partial charge in [-0.05, 0) is 13.5 Å². The van der Waals surface area contributed by atoms with E-state index in [0.717, 1.165) is 12.3 Å². The van der Waals surface area contributed by atoms with Gasteiger partial charge in [-0.2, -0.15) is 0 Å². The average Bonchev–Trinajstić information content (AvgIpc) is 2.56. The van der Waals surface area contributed by atoms with E-state index in [1.807, 2.05) is 7.05 Å². The van der Waals surface area contributed by atoms with E-state index in [9.17, 15) is 14.4 Å². The predicted octanol–water partition coefficient (Wildman–Crippen LogP) is -0.0687. The van der Waals surface area contributed by atoms with Crippen LogP contribution in [0.15, 0.2) is 0 Å². The number of carboxylic acids is 1. The van der Waals surface area contributed by atoms with Gasteiger partial charge in [0.15, 0.2) is 0 Å². The summed E-state index contributed by atoms with van der Waals surface area (Å²) in [7, 11) is 1.83. The molecule has 1 aliphatic heterocycles. The molecule has 1 atom stereocenters. The fraction of sp³-hybridized carbons (Fsp3) is 0.727. The highest BCUT2D eigenvalue weighted by atomic mass is 32.2. The lowest BCUT2D eigenvalue weighted by Crippen LogP contribution is -2.32. The van der Waals surface area contributed by atoms with Gasteiger partial charge < -0.3 is 10.4 Å². The van der Waals surface area contributed by atoms with Gasteiger partial charge in [-0.1, -0.05) is 0 Å². The number of aliphatic carboxylic acids is 1. The van der Waals surface area contributed by atoms with Gasteiger partial charge >= 0.3 is 5.97 Å². The molecule has 6 nitrogen and oxygen atoms in total. The lowest BCUT2D eigenvalue weighted by Gasteiger charge is -2.13. The first kappa shape index (κ1) is 15.0. The Labute approximate surface area is 110 Å². The van der Waals surface area contributed by atoms with E-state index in [0.29, 0.717) is 6.42 Å². The number of thioether (sulfide) groups is 1. The average molecular weight is 274 g/mol. The molecule has 0 bridgehead atoms. The molecular formula is C11H18N2O4S. The summed E-state index contributed by atoms with van der Waals surface area (Å²) in [6, 6.07) is 0. The second kappa shape index (κ2) is 7.38. The number of nitrogens with one attached hydrogen (secondary N) is 1. The summed E-state index contributed by atoms with van der Waals surface area (Å²) in [5, 5.41) is 11.2. The zero-order valence-corrected chi connectivity index (χ0v) is 11.2. The summed E-state index contributed by atoms with van der Waals surface area (Å²) in [6.45, 7) is 1.01. The van der Waals surface area contributed by atoms with Crippen molar-refractivity contribution in [2.75, 3.05) is 25.9 Å². The number of imide groups is 1. The highest BCUT2D eigenvalue weighted by Gasteiger charge is 2.38. The number of hydrogen-bond acceptors (Lipinski definition) is 5. The topological polar surface area (TPSA) is 86.7 Å². The van der Waals surface area contributed by atoms with Crippen LogP contribution in [0.3, 0.4) is 0 Å². The van der Waals surface area contributed by atoms with Gasteiger partial charge in [0.05, 0.1) is 5.25 Å². The standard InChI is InChI=1S/C11H18N2O4S/c1-12-4-6-18-8-7-9(14)13(11(8)17)5-2-3-10(15)16/h8,12H,2-7H2,1H3,(H,15,16). The molecule has 1 rings (SSSR count). The van der Waals surface area contributed by atoms with Gasteiger partial charge in [-0.3, -0.25) is 19.3 Å². The van der Waals surface area contributed by atoms with Crippen LogP contribution < -0.4 is 5.32 Å². The highest BCUT2D eigenvalue weighted by Crippen LogP contribution is 2.25. The van der Waals surface area contributed by atoms with Gasteiger partial charge in [0.2, 0.25) is 11.8 Å². The summed E-state index contributed by atoms with van der Waals surface area (Å²) in [5.74, 6) is -0.490. The van der Waals surface area contributed by atoms with Crippen LogP contribution in [0, 0.1) is 0 Å². The molecule has 1 saturated heterocycles. The maximum Gasteiger partial charge on any atom is 0.303 e. The monoisotopic (exact) mass is 274 g/mol. The SMILES string of the molecule is CNCCSC1CC(=O)N(CCCC(=O)O)C1=O. The molecule has 2 N–H and O–H groups in total. The Bertz CT molecular complexity index is 335. The molecular weight excluding hydrogens is 256 g/mol. The highest BCUT2D eigenvalue weighted by molar-refractivity contribution is 8.00. The Morgan fingerprint density at radius 2 is 2.28 bits per heavy atom. The molecule has 0 radical (unpaired) electrons. The Kier molecular flexibility index (Phi) is 6.14. The summed E-state index contributed by atoms with van der Waals surface area (Å²) in [4.78, 5) is 35.1. The van der Waals surface area contributed by atoms with Gasteiger partial charge in [-0.25, -0.2) is 0 Å². The van der Waals surface area contributed by atoms with Crippen molar-refractivity contribution in [1.29, 1.82) is 0 Å². The molecule has 7 heteroatoms. The quantitative estimate of drug-likeness (QED) is 0.476. The molecule has 1 heterocycles. The lowest BCUT2D eigenvalue weighted by atomic mass is 10.3. The predicted molar refractivity (Wildman–Crippen MR) is 68.4 cm³/mol. The number of hydrogen-bond donors (Lipinski definition) is 2. The first-order valence-electron chi connectivity index (χ1n) is 5.88. The fourth-order valence-corrected chi connectivity index (χ4v) is 2.85. The molecule has 1 fully saturated rings. The van der Waals surface area contributed by atoms with Crippen molar-refractivity contribution in [3.8, 4) is 0 Å². The van der Waals surface area contributed by atoms with Crippen molar-refractivity contribution >= 4 is 29.5 Å². The van der Waals surface area contributed by atoms with E-state index < -0.39 is 5.97 Å². The van der Waals surface area contributed by atoms with E-state index >= 15 is 0 Å². The van der Waals surface area contributed by atoms with Crippen LogP contribution in [0.2, 0.25) is 0 Å². The third kappa shape index (κ3) is 4.30. The molecule has 0 spiro atoms. The third-order valence-electron chi connectivity index (χ3n) is 2.65. The Hall–Kier alpha value is -1.08. The lowest BCUT2D eigenvalue weighted by molar-refractivity contribution is -0.141. The van der Waals surface area contributed by atoms with Gasteiger partial charge in [0.1, 0.15) is 0 Å². The maximum absolute atomic E-state index is 11.9. The van der Waals surface area contributed by atoms with Crippen molar-refractivity contribution in [1.82, 2.24) is 10.2 Å². The van der Waals surface area contributed by atoms with E-state index in [2.05, 4.69) is 5.32 Å². The van der Waals surface area contributed by atoms with E-state index in [1.165, 1.54) is 16.7 Å². The smallest absolute Gasteiger partial charge is 0.303 e. The van der Waals surface area contributed by atoms with Gasteiger partial charge in [0, 0.05) is 31.7 Å². The fourth-order valence-electron chi connectivity index (χ4n) is 1.71. The molecule has 18 heavy (non-hydrogen) atoms. The van der Waals surface area contributed by atoms with E-state index in [4.69, 9.17) is 5.11 Å². The summed E-state index contributed by atoms with van der Waals surface area (Å²) < 4.78 is 0. The van der Waals surface area contributed by atoms with Crippen LogP contribution in [-0.2, 0) is 14.4 Å². The van der Waals surface area contributed by atoms with Gasteiger partial charge in [0.25, 0.3) is 0 Å². The number of carbonyl (C=O) groups excluding carboxylic acids is 2. The van der Waals surface area contributed by atoms with Gasteiger partial charge in [-0.15, -0.1) is 11.8 Å². The number of carboxylic acid groups (broad SMARTS) is 1. The number of rotatable bonds is 8. The second-order valence-electron chi connectivity index (χ2n) is 4.05. The molecule has 0 aromatic rings. The number of nitrogens with zero attached hydrogens (tertiary/aromatic N) is 1. The molecule has 1 unspecified atom stereocenters. The molecule has 2 amide bonds. The van der Waals surface area contributed by atoms with Crippen molar-refractivity contribution in [2.24, 2.45) is 0 Å². The number of carbonyl (C=O) groups is 3. The zero-order chi connectivity index (χ0) is 13.5. The molecule has 0 aromatic heterocycles. The largest absolute Gasteiger partial charge is 0.481 e. The number of amides is 2. The van der Waals surface area contributed by atoms with E-state index in [1.54, 1.807) is 0 Å². The Morgan fingerprint density at radius 3 is 2.89 bits per heavy atom. The van der Waals surface area contributed by atoms with Crippen LogP contribution in [-0.4, -0.2) is 58.9 Å². The first-order valence-corrected chi connectivity index (χ1v) is 6.93. The minimum Gasteiger partial charge on any atom is -0.481 e. The van der Waals surface area contributed by atoms with Crippen molar-refractivity contribution in [3.63, 3.8) is 0 Å². The molecule has 0 aliphatic carbocycles. The second-order valence-corrected chi connectivity index (χ2v) is 5.36. The molecule has 1 aliphatic rings. The molecule has 102 valence electrons. The summed E-state index contributed by atoms with van der Waals surface area (Å²) >= 11 is 1.47. The van der Waals surface area contributed by atoms with E-state index in [-0.39, 0.29) is 36.5 Å². The maximum atomic E-state index is 11.9. The third-order valence-corrected chi connectivity index (χ3v) is 3.86. The van der Waals surface area contributed by atoms with Crippen LogP contribution >= 0.6 is 11.8 Å². The van der Waals surface area contributed by atoms with Crippen molar-refractivity contribution < 1.29 is 19.5 Å². The van der Waals surface area contributed by atoms with Crippen molar-refractivity contribution in [3.05, 3.63) is 0 Å². The Balaban J connectivity index is 2.38. The normalized spacial score (nSPS) is 19.6. The Morgan fingerprint density at radius 1 is 1.56 bits per heavy atom. The zero-order valence-electron chi connectivity index (χ0n) is 10.3. The van der Waals surface area contributed by atoms with Crippen molar-refractivity contribution in [2.45, 2.75) is 24.5 Å². The molecule has 0 aromatic carbocycles. The summed E-state index contributed by atoms with van der Waals surface area (Å²) in [6.07, 6.45) is 0.537. The van der Waals surface area contributed by atoms with Crippen LogP contribution in [0.25, 0.3) is 0 Å². The minimum atomic E-state index is -0.908. The van der Waals surface area contributed by atoms with Crippen LogP contribution in [0.1, 0.15) is 19.3 Å².